The Morgan fingerprint density at radius 2 is 1.91 bits per heavy atom. The standard InChI is InChI=1S/C16H13NO4S/c1-21-16-8-7-12(10-15(16)18)9-14(11-17)22(19,20)13-5-3-2-4-6-13/h2-10,18H,1H3/b14-9+. The van der Waals surface area contributed by atoms with Crippen LogP contribution in [0.15, 0.2) is 58.3 Å². The Hall–Kier alpha value is -2.78. The van der Waals surface area contributed by atoms with Crippen LogP contribution in [-0.4, -0.2) is 20.6 Å². The molecule has 22 heavy (non-hydrogen) atoms. The first-order chi connectivity index (χ1) is 10.5. The van der Waals surface area contributed by atoms with E-state index in [0.717, 1.165) is 0 Å². The zero-order valence-electron chi connectivity index (χ0n) is 11.7. The summed E-state index contributed by atoms with van der Waals surface area (Å²) in [4.78, 5) is -0.358. The Kier molecular flexibility index (Phi) is 4.49. The van der Waals surface area contributed by atoms with Gasteiger partial charge in [-0.25, -0.2) is 8.42 Å². The minimum atomic E-state index is -3.89. The molecule has 1 N–H and O–H groups in total. The number of phenols is 1. The molecule has 6 heteroatoms. The number of phenolic OH excluding ortho intramolecular Hbond substituents is 1. The lowest BCUT2D eigenvalue weighted by atomic mass is 10.2. The summed E-state index contributed by atoms with van der Waals surface area (Å²) in [6, 6.07) is 13.8. The number of nitriles is 1. The number of hydrogen-bond acceptors (Lipinski definition) is 5. The molecule has 0 saturated carbocycles. The molecule has 0 aromatic heterocycles. The Labute approximate surface area is 128 Å². The van der Waals surface area contributed by atoms with Gasteiger partial charge in [-0.1, -0.05) is 24.3 Å². The summed E-state index contributed by atoms with van der Waals surface area (Å²) in [5, 5.41) is 18.9. The van der Waals surface area contributed by atoms with Crippen LogP contribution in [0.2, 0.25) is 0 Å². The number of aromatic hydroxyl groups is 1. The minimum absolute atomic E-state index is 0.0422. The summed E-state index contributed by atoms with van der Waals surface area (Å²) in [6.45, 7) is 0. The normalized spacial score (nSPS) is 11.7. The van der Waals surface area contributed by atoms with Crippen molar-refractivity contribution in [3.8, 4) is 17.6 Å². The highest BCUT2D eigenvalue weighted by atomic mass is 32.2. The van der Waals surface area contributed by atoms with E-state index in [2.05, 4.69) is 0 Å². The summed E-state index contributed by atoms with van der Waals surface area (Å²) < 4.78 is 29.7. The molecule has 0 saturated heterocycles. The molecule has 0 aliphatic heterocycles. The maximum atomic E-state index is 12.4. The molecule has 2 aromatic carbocycles. The zero-order chi connectivity index (χ0) is 16.2. The molecule has 0 aliphatic carbocycles. The van der Waals surface area contributed by atoms with E-state index in [1.165, 1.54) is 37.5 Å². The number of hydrogen-bond donors (Lipinski definition) is 1. The van der Waals surface area contributed by atoms with E-state index in [0.29, 0.717) is 5.56 Å². The summed E-state index contributed by atoms with van der Waals surface area (Å²) in [5.74, 6) is 0.132. The third-order valence-electron chi connectivity index (χ3n) is 2.95. The highest BCUT2D eigenvalue weighted by molar-refractivity contribution is 7.95. The highest BCUT2D eigenvalue weighted by Crippen LogP contribution is 2.28. The molecule has 0 radical (unpaired) electrons. The first-order valence-corrected chi connectivity index (χ1v) is 7.76. The van der Waals surface area contributed by atoms with Gasteiger partial charge >= 0.3 is 0 Å². The SMILES string of the molecule is COc1ccc(/C=C(\C#N)S(=O)(=O)c2ccccc2)cc1O. The molecule has 2 aromatic rings. The van der Waals surface area contributed by atoms with Crippen LogP contribution in [0.1, 0.15) is 5.56 Å². The lowest BCUT2D eigenvalue weighted by Crippen LogP contribution is -2.03. The largest absolute Gasteiger partial charge is 0.504 e. The van der Waals surface area contributed by atoms with E-state index >= 15 is 0 Å². The van der Waals surface area contributed by atoms with Gasteiger partial charge in [-0.3, -0.25) is 0 Å². The summed E-state index contributed by atoms with van der Waals surface area (Å²) in [7, 11) is -2.48. The molecule has 0 spiro atoms. The van der Waals surface area contributed by atoms with Crippen LogP contribution in [0.5, 0.6) is 11.5 Å². The second kappa shape index (κ2) is 6.33. The van der Waals surface area contributed by atoms with Crippen LogP contribution in [-0.2, 0) is 9.84 Å². The monoisotopic (exact) mass is 315 g/mol. The molecule has 0 amide bonds. The fourth-order valence-electron chi connectivity index (χ4n) is 1.84. The van der Waals surface area contributed by atoms with Crippen molar-refractivity contribution in [1.29, 1.82) is 5.26 Å². The first kappa shape index (κ1) is 15.6. The fraction of sp³-hybridized carbons (Fsp3) is 0.0625. The quantitative estimate of drug-likeness (QED) is 0.877. The van der Waals surface area contributed by atoms with E-state index < -0.39 is 14.7 Å². The molecule has 0 heterocycles. The number of nitrogens with zero attached hydrogens (tertiary/aromatic N) is 1. The highest BCUT2D eigenvalue weighted by Gasteiger charge is 2.20. The number of rotatable bonds is 4. The molecule has 5 nitrogen and oxygen atoms in total. The Balaban J connectivity index is 2.49. The third-order valence-corrected chi connectivity index (χ3v) is 4.63. The smallest absolute Gasteiger partial charge is 0.216 e. The predicted octanol–water partition coefficient (Wildman–Crippen LogP) is 2.74. The number of allylic oxidation sites excluding steroid dienone is 1. The number of methoxy groups -OCH3 is 1. The molecule has 0 bridgehead atoms. The molecular formula is C16H13NO4S. The number of ether oxygens (including phenoxy) is 1. The summed E-state index contributed by atoms with van der Waals surface area (Å²) in [6.07, 6.45) is 1.21. The van der Waals surface area contributed by atoms with Gasteiger partial charge in [0.2, 0.25) is 9.84 Å². The van der Waals surface area contributed by atoms with Gasteiger partial charge < -0.3 is 9.84 Å². The van der Waals surface area contributed by atoms with E-state index in [4.69, 9.17) is 10.00 Å². The van der Waals surface area contributed by atoms with Crippen molar-refractivity contribution in [1.82, 2.24) is 0 Å². The van der Waals surface area contributed by atoms with Gasteiger partial charge in [-0.15, -0.1) is 0 Å². The maximum absolute atomic E-state index is 12.4. The van der Waals surface area contributed by atoms with Gasteiger partial charge in [0.05, 0.1) is 12.0 Å². The molecule has 2 rings (SSSR count). The number of benzene rings is 2. The second-order valence-electron chi connectivity index (χ2n) is 4.37. The van der Waals surface area contributed by atoms with Gasteiger partial charge in [0.1, 0.15) is 11.0 Å². The van der Waals surface area contributed by atoms with Gasteiger partial charge in [-0.05, 0) is 35.9 Å². The molecule has 0 aliphatic rings. The molecule has 0 atom stereocenters. The van der Waals surface area contributed by atoms with Gasteiger partial charge in [0, 0.05) is 0 Å². The van der Waals surface area contributed by atoms with Crippen molar-refractivity contribution in [2.75, 3.05) is 7.11 Å². The van der Waals surface area contributed by atoms with Gasteiger partial charge in [0.25, 0.3) is 0 Å². The van der Waals surface area contributed by atoms with Crippen molar-refractivity contribution < 1.29 is 18.3 Å². The van der Waals surface area contributed by atoms with Crippen LogP contribution in [0.3, 0.4) is 0 Å². The van der Waals surface area contributed by atoms with Crippen LogP contribution < -0.4 is 4.74 Å². The van der Waals surface area contributed by atoms with Crippen molar-refractivity contribution in [3.63, 3.8) is 0 Å². The molecule has 112 valence electrons. The lowest BCUT2D eigenvalue weighted by molar-refractivity contribution is 0.373. The minimum Gasteiger partial charge on any atom is -0.504 e. The molecule has 0 fully saturated rings. The first-order valence-electron chi connectivity index (χ1n) is 6.28. The topological polar surface area (TPSA) is 87.4 Å². The van der Waals surface area contributed by atoms with E-state index in [9.17, 15) is 13.5 Å². The Bertz CT molecular complexity index is 849. The van der Waals surface area contributed by atoms with Crippen LogP contribution in [0, 0.1) is 11.3 Å². The van der Waals surface area contributed by atoms with Crippen molar-refractivity contribution in [2.45, 2.75) is 4.90 Å². The fourth-order valence-corrected chi connectivity index (χ4v) is 3.03. The van der Waals surface area contributed by atoms with Gasteiger partial charge in [-0.2, -0.15) is 5.26 Å². The van der Waals surface area contributed by atoms with Crippen molar-refractivity contribution in [2.24, 2.45) is 0 Å². The third kappa shape index (κ3) is 3.10. The second-order valence-corrected chi connectivity index (χ2v) is 6.29. The van der Waals surface area contributed by atoms with E-state index in [-0.39, 0.29) is 16.4 Å². The summed E-state index contributed by atoms with van der Waals surface area (Å²) in [5.41, 5.74) is 0.384. The van der Waals surface area contributed by atoms with E-state index in [1.54, 1.807) is 30.3 Å². The maximum Gasteiger partial charge on any atom is 0.216 e. The predicted molar refractivity (Wildman–Crippen MR) is 81.9 cm³/mol. The Morgan fingerprint density at radius 1 is 1.23 bits per heavy atom. The summed E-state index contributed by atoms with van der Waals surface area (Å²) >= 11 is 0. The zero-order valence-corrected chi connectivity index (χ0v) is 12.5. The Morgan fingerprint density at radius 3 is 2.45 bits per heavy atom. The average molecular weight is 315 g/mol. The molecular weight excluding hydrogens is 302 g/mol. The van der Waals surface area contributed by atoms with Crippen molar-refractivity contribution in [3.05, 3.63) is 59.0 Å². The average Bonchev–Trinajstić information content (AvgIpc) is 2.53. The number of sulfone groups is 1. The van der Waals surface area contributed by atoms with Crippen LogP contribution in [0.25, 0.3) is 6.08 Å². The van der Waals surface area contributed by atoms with Crippen molar-refractivity contribution >= 4 is 15.9 Å². The van der Waals surface area contributed by atoms with Crippen LogP contribution in [0.4, 0.5) is 0 Å². The van der Waals surface area contributed by atoms with Crippen LogP contribution >= 0.6 is 0 Å². The van der Waals surface area contributed by atoms with Gasteiger partial charge in [0.15, 0.2) is 11.5 Å². The van der Waals surface area contributed by atoms with E-state index in [1.807, 2.05) is 0 Å². The lowest BCUT2D eigenvalue weighted by Gasteiger charge is -2.05. The molecule has 0 unspecified atom stereocenters.